The van der Waals surface area contributed by atoms with E-state index in [2.05, 4.69) is 93.7 Å². The summed E-state index contributed by atoms with van der Waals surface area (Å²) in [5.41, 5.74) is 0. The van der Waals surface area contributed by atoms with Crippen molar-refractivity contribution in [1.29, 1.82) is 0 Å². The Morgan fingerprint density at radius 3 is 0.940 bits per heavy atom. The van der Waals surface area contributed by atoms with Crippen LogP contribution in [0, 0.1) is 0 Å². The Balaban J connectivity index is 4.43. The molecule has 0 saturated carbocycles. The molecule has 0 N–H and O–H groups in total. The molecule has 0 aliphatic heterocycles. The van der Waals surface area contributed by atoms with E-state index in [1.165, 1.54) is 141 Å². The molecule has 67 heavy (non-hydrogen) atoms. The second-order valence-electron chi connectivity index (χ2n) is 18.8. The molecule has 0 bridgehead atoms. The number of hydrogen-bond acceptors (Lipinski definition) is 6. The Bertz CT molecular complexity index is 1260. The highest BCUT2D eigenvalue weighted by Crippen LogP contribution is 2.15. The summed E-state index contributed by atoms with van der Waals surface area (Å²) in [6, 6.07) is 0. The lowest BCUT2D eigenvalue weighted by atomic mass is 10.1. The highest BCUT2D eigenvalue weighted by molar-refractivity contribution is 5.71. The van der Waals surface area contributed by atoms with Crippen molar-refractivity contribution < 1.29 is 28.6 Å². The highest BCUT2D eigenvalue weighted by Gasteiger charge is 2.19. The molecule has 386 valence electrons. The van der Waals surface area contributed by atoms with Crippen molar-refractivity contribution in [2.75, 3.05) is 13.2 Å². The van der Waals surface area contributed by atoms with Gasteiger partial charge in [-0.1, -0.05) is 222 Å². The van der Waals surface area contributed by atoms with E-state index < -0.39 is 6.10 Å². The zero-order valence-corrected chi connectivity index (χ0v) is 44.2. The minimum Gasteiger partial charge on any atom is -0.462 e. The maximum absolute atomic E-state index is 12.9. The van der Waals surface area contributed by atoms with Crippen LogP contribution in [0.3, 0.4) is 0 Å². The standard InChI is InChI=1S/C61H106O6/c1-4-7-10-13-16-19-22-25-28-30-33-36-39-42-45-48-51-54-60(63)66-57-58(56-65-59(62)53-50-47-44-41-38-35-32-27-24-21-18-15-12-9-6-3)67-61(64)55-52-49-46-43-40-37-34-31-29-26-23-20-17-14-11-8-5-2/h7,10,16,19,21,24-26,28-29,33,36,58H,4-6,8-9,11-15,17-18,20,22-23,27,30-32,34-35,37-57H2,1-3H3/b10-7-,19-16-,24-21-,28-25-,29-26-,36-33-/t58-/m0/s1. The maximum atomic E-state index is 12.9. The topological polar surface area (TPSA) is 78.9 Å². The Morgan fingerprint density at radius 1 is 0.313 bits per heavy atom. The first-order valence-electron chi connectivity index (χ1n) is 28.4. The van der Waals surface area contributed by atoms with E-state index in [0.717, 1.165) is 96.3 Å². The molecular formula is C61H106O6. The molecule has 0 aliphatic rings. The van der Waals surface area contributed by atoms with Crippen molar-refractivity contribution in [3.8, 4) is 0 Å². The molecule has 0 aliphatic carbocycles. The van der Waals surface area contributed by atoms with Crippen molar-refractivity contribution >= 4 is 17.9 Å². The van der Waals surface area contributed by atoms with Crippen LogP contribution >= 0.6 is 0 Å². The van der Waals surface area contributed by atoms with Crippen LogP contribution in [-0.2, 0) is 28.6 Å². The van der Waals surface area contributed by atoms with Gasteiger partial charge in [0.2, 0.25) is 0 Å². The van der Waals surface area contributed by atoms with Crippen molar-refractivity contribution in [2.24, 2.45) is 0 Å². The van der Waals surface area contributed by atoms with Gasteiger partial charge in [-0.25, -0.2) is 0 Å². The average molecular weight is 936 g/mol. The molecule has 0 rings (SSSR count). The van der Waals surface area contributed by atoms with Gasteiger partial charge in [-0.3, -0.25) is 14.4 Å². The van der Waals surface area contributed by atoms with Crippen molar-refractivity contribution in [3.63, 3.8) is 0 Å². The SMILES string of the molecule is CC/C=C\C/C=C\C/C=C\C/C=C\CCCCCCC(=O)OC[C@H](COC(=O)CCCCCCCCC/C=C\CCCCCC)OC(=O)CCCCCCCCC/C=C\CCCCCCCC. The van der Waals surface area contributed by atoms with Gasteiger partial charge in [-0.2, -0.15) is 0 Å². The molecule has 0 saturated heterocycles. The van der Waals surface area contributed by atoms with Gasteiger partial charge in [0.25, 0.3) is 0 Å². The van der Waals surface area contributed by atoms with Crippen molar-refractivity contribution in [3.05, 3.63) is 72.9 Å². The normalized spacial score (nSPS) is 12.6. The molecule has 0 aromatic carbocycles. The van der Waals surface area contributed by atoms with E-state index >= 15 is 0 Å². The lowest BCUT2D eigenvalue weighted by Crippen LogP contribution is -2.30. The minimum atomic E-state index is -0.790. The maximum Gasteiger partial charge on any atom is 0.306 e. The Kier molecular flexibility index (Phi) is 52.8. The first-order chi connectivity index (χ1) is 33.0. The van der Waals surface area contributed by atoms with Gasteiger partial charge in [0.05, 0.1) is 0 Å². The van der Waals surface area contributed by atoms with Gasteiger partial charge in [-0.15, -0.1) is 0 Å². The van der Waals surface area contributed by atoms with Crippen LogP contribution in [-0.4, -0.2) is 37.2 Å². The number of allylic oxidation sites excluding steroid dienone is 12. The lowest BCUT2D eigenvalue weighted by Gasteiger charge is -2.18. The fourth-order valence-electron chi connectivity index (χ4n) is 7.89. The van der Waals surface area contributed by atoms with Gasteiger partial charge >= 0.3 is 17.9 Å². The van der Waals surface area contributed by atoms with Crippen LogP contribution in [0.1, 0.15) is 278 Å². The number of ether oxygens (including phenoxy) is 3. The number of hydrogen-bond donors (Lipinski definition) is 0. The number of esters is 3. The van der Waals surface area contributed by atoms with E-state index in [4.69, 9.17) is 14.2 Å². The van der Waals surface area contributed by atoms with Crippen LogP contribution < -0.4 is 0 Å². The molecule has 0 fully saturated rings. The largest absolute Gasteiger partial charge is 0.462 e. The van der Waals surface area contributed by atoms with Crippen LogP contribution in [0.4, 0.5) is 0 Å². The molecule has 0 radical (unpaired) electrons. The van der Waals surface area contributed by atoms with Gasteiger partial charge in [0, 0.05) is 19.3 Å². The molecule has 6 nitrogen and oxygen atoms in total. The molecule has 6 heteroatoms. The average Bonchev–Trinajstić information content (AvgIpc) is 3.33. The molecule has 0 amide bonds. The number of rotatable bonds is 51. The van der Waals surface area contributed by atoms with E-state index in [0.29, 0.717) is 19.3 Å². The molecule has 0 unspecified atom stereocenters. The third kappa shape index (κ3) is 53.7. The molecule has 0 heterocycles. The van der Waals surface area contributed by atoms with Gasteiger partial charge in [0.1, 0.15) is 13.2 Å². The van der Waals surface area contributed by atoms with Gasteiger partial charge in [0.15, 0.2) is 6.10 Å². The fourth-order valence-corrected chi connectivity index (χ4v) is 7.89. The van der Waals surface area contributed by atoms with Gasteiger partial charge in [-0.05, 0) is 109 Å². The number of carbonyl (C=O) groups excluding carboxylic acids is 3. The second kappa shape index (κ2) is 55.4. The summed E-state index contributed by atoms with van der Waals surface area (Å²) >= 11 is 0. The molecular weight excluding hydrogens is 829 g/mol. The Labute approximate surface area is 414 Å². The summed E-state index contributed by atoms with van der Waals surface area (Å²) in [5, 5.41) is 0. The smallest absolute Gasteiger partial charge is 0.306 e. The quantitative estimate of drug-likeness (QED) is 0.0262. The summed E-state index contributed by atoms with van der Waals surface area (Å²) in [6.45, 7) is 6.50. The summed E-state index contributed by atoms with van der Waals surface area (Å²) in [4.78, 5) is 38.1. The van der Waals surface area contributed by atoms with E-state index in [1.54, 1.807) is 0 Å². The van der Waals surface area contributed by atoms with Crippen LogP contribution in [0.25, 0.3) is 0 Å². The summed E-state index contributed by atoms with van der Waals surface area (Å²) in [5.74, 6) is -0.912. The van der Waals surface area contributed by atoms with E-state index in [1.807, 2.05) is 0 Å². The zero-order valence-electron chi connectivity index (χ0n) is 44.2. The fraction of sp³-hybridized carbons (Fsp3) is 0.754. The molecule has 0 aromatic rings. The predicted octanol–water partition coefficient (Wildman–Crippen LogP) is 19.0. The predicted molar refractivity (Wildman–Crippen MR) is 288 cm³/mol. The third-order valence-electron chi connectivity index (χ3n) is 12.2. The number of carbonyl (C=O) groups is 3. The van der Waals surface area contributed by atoms with Crippen molar-refractivity contribution in [1.82, 2.24) is 0 Å². The summed E-state index contributed by atoms with van der Waals surface area (Å²) in [7, 11) is 0. The van der Waals surface area contributed by atoms with Gasteiger partial charge < -0.3 is 14.2 Å². The Hall–Kier alpha value is -3.15. The molecule has 0 aromatic heterocycles. The third-order valence-corrected chi connectivity index (χ3v) is 12.2. The highest BCUT2D eigenvalue weighted by atomic mass is 16.6. The van der Waals surface area contributed by atoms with Crippen LogP contribution in [0.5, 0.6) is 0 Å². The zero-order chi connectivity index (χ0) is 48.6. The summed E-state index contributed by atoms with van der Waals surface area (Å²) < 4.78 is 16.8. The number of unbranched alkanes of at least 4 members (excludes halogenated alkanes) is 28. The Morgan fingerprint density at radius 2 is 0.582 bits per heavy atom. The van der Waals surface area contributed by atoms with E-state index in [-0.39, 0.29) is 31.1 Å². The summed E-state index contributed by atoms with van der Waals surface area (Å²) in [6.07, 6.45) is 70.3. The first-order valence-corrected chi connectivity index (χ1v) is 28.4. The van der Waals surface area contributed by atoms with Crippen LogP contribution in [0.2, 0.25) is 0 Å². The minimum absolute atomic E-state index is 0.0867. The lowest BCUT2D eigenvalue weighted by molar-refractivity contribution is -0.167. The first kappa shape index (κ1) is 63.8. The second-order valence-corrected chi connectivity index (χ2v) is 18.8. The van der Waals surface area contributed by atoms with E-state index in [9.17, 15) is 14.4 Å². The monoisotopic (exact) mass is 935 g/mol. The molecule has 0 spiro atoms. The van der Waals surface area contributed by atoms with Crippen LogP contribution in [0.15, 0.2) is 72.9 Å². The van der Waals surface area contributed by atoms with Crippen molar-refractivity contribution in [2.45, 2.75) is 284 Å². The molecule has 1 atom stereocenters.